The molecule has 0 unspecified atom stereocenters. The molecule has 0 aliphatic carbocycles. The molecule has 0 N–H and O–H groups in total. The van der Waals surface area contributed by atoms with Gasteiger partial charge in [0.15, 0.2) is 0 Å². The minimum Gasteiger partial charge on any atom is -0.299 e. The lowest BCUT2D eigenvalue weighted by Crippen LogP contribution is -2.46. The van der Waals surface area contributed by atoms with Crippen molar-refractivity contribution >= 4 is 0 Å². The molecule has 0 atom stereocenters. The molecule has 0 aromatic heterocycles. The molecule has 0 radical (unpaired) electrons. The van der Waals surface area contributed by atoms with E-state index < -0.39 is 0 Å². The van der Waals surface area contributed by atoms with Gasteiger partial charge in [0.1, 0.15) is 0 Å². The highest BCUT2D eigenvalue weighted by molar-refractivity contribution is 4.86. The fourth-order valence-electron chi connectivity index (χ4n) is 2.49. The first-order chi connectivity index (χ1) is 6.29. The predicted octanol–water partition coefficient (Wildman–Crippen LogP) is 3.93. The minimum absolute atomic E-state index is 0.336. The predicted molar refractivity (Wildman–Crippen MR) is 65.7 cm³/mol. The third-order valence-electron chi connectivity index (χ3n) is 3.49. The zero-order valence-corrected chi connectivity index (χ0v) is 11.3. The molecule has 0 amide bonds. The lowest BCUT2D eigenvalue weighted by Gasteiger charge is -2.42. The number of hydrogen-bond donors (Lipinski definition) is 0. The maximum atomic E-state index is 2.56. The second-order valence-corrected chi connectivity index (χ2v) is 5.68. The molecule has 0 aliphatic heterocycles. The maximum Gasteiger partial charge on any atom is 0.0158 e. The van der Waals surface area contributed by atoms with E-state index in [-0.39, 0.29) is 0 Å². The molecule has 1 heteroatoms. The molecule has 0 rings (SSSR count). The zero-order valence-electron chi connectivity index (χ0n) is 11.3. The third-order valence-corrected chi connectivity index (χ3v) is 3.49. The van der Waals surface area contributed by atoms with Crippen molar-refractivity contribution in [2.75, 3.05) is 13.1 Å². The first kappa shape index (κ1) is 14.0. The van der Waals surface area contributed by atoms with Crippen LogP contribution >= 0.6 is 0 Å². The first-order valence-electron chi connectivity index (χ1n) is 6.04. The van der Waals surface area contributed by atoms with Gasteiger partial charge in [-0.2, -0.15) is 0 Å². The Labute approximate surface area is 90.9 Å². The van der Waals surface area contributed by atoms with Gasteiger partial charge in [-0.1, -0.05) is 41.0 Å². The summed E-state index contributed by atoms with van der Waals surface area (Å²) >= 11 is 0. The summed E-state index contributed by atoms with van der Waals surface area (Å²) in [5, 5.41) is 0. The van der Waals surface area contributed by atoms with Gasteiger partial charge in [-0.25, -0.2) is 0 Å². The molecular weight excluding hydrogens is 170 g/mol. The monoisotopic (exact) mass is 199 g/mol. The topological polar surface area (TPSA) is 3.24 Å². The SMILES string of the molecule is CCN(CC)C(C)(C)CC(C)(C)CC. The van der Waals surface area contributed by atoms with Gasteiger partial charge in [0.2, 0.25) is 0 Å². The summed E-state index contributed by atoms with van der Waals surface area (Å²) in [7, 11) is 0. The molecule has 0 aromatic rings. The molecule has 0 aromatic carbocycles. The summed E-state index contributed by atoms with van der Waals surface area (Å²) in [5.74, 6) is 0. The largest absolute Gasteiger partial charge is 0.299 e. The molecule has 0 saturated carbocycles. The van der Waals surface area contributed by atoms with Gasteiger partial charge in [-0.3, -0.25) is 4.90 Å². The van der Waals surface area contributed by atoms with E-state index in [1.54, 1.807) is 0 Å². The highest BCUT2D eigenvalue weighted by atomic mass is 15.2. The second kappa shape index (κ2) is 5.16. The van der Waals surface area contributed by atoms with Gasteiger partial charge < -0.3 is 0 Å². The van der Waals surface area contributed by atoms with Crippen LogP contribution in [0.2, 0.25) is 0 Å². The standard InChI is InChI=1S/C13H29N/c1-8-12(4,5)11-13(6,7)14(9-2)10-3/h8-11H2,1-7H3. The highest BCUT2D eigenvalue weighted by Gasteiger charge is 2.30. The van der Waals surface area contributed by atoms with Crippen LogP contribution in [-0.2, 0) is 0 Å². The molecule has 0 fully saturated rings. The second-order valence-electron chi connectivity index (χ2n) is 5.68. The van der Waals surface area contributed by atoms with Crippen molar-refractivity contribution in [3.8, 4) is 0 Å². The van der Waals surface area contributed by atoms with E-state index in [0.717, 1.165) is 13.1 Å². The summed E-state index contributed by atoms with van der Waals surface area (Å²) in [6.45, 7) is 18.6. The fraction of sp³-hybridized carbons (Fsp3) is 1.00. The molecule has 14 heavy (non-hydrogen) atoms. The van der Waals surface area contributed by atoms with Crippen LogP contribution in [0.25, 0.3) is 0 Å². The van der Waals surface area contributed by atoms with Crippen molar-refractivity contribution in [3.63, 3.8) is 0 Å². The van der Waals surface area contributed by atoms with E-state index in [2.05, 4.69) is 53.4 Å². The molecule has 0 spiro atoms. The molecule has 0 bridgehead atoms. The summed E-state index contributed by atoms with van der Waals surface area (Å²) in [6.07, 6.45) is 2.54. The van der Waals surface area contributed by atoms with Crippen molar-refractivity contribution < 1.29 is 0 Å². The lowest BCUT2D eigenvalue weighted by molar-refractivity contribution is 0.0800. The van der Waals surface area contributed by atoms with E-state index in [4.69, 9.17) is 0 Å². The maximum absolute atomic E-state index is 2.56. The van der Waals surface area contributed by atoms with E-state index in [1.807, 2.05) is 0 Å². The van der Waals surface area contributed by atoms with E-state index >= 15 is 0 Å². The van der Waals surface area contributed by atoms with Crippen molar-refractivity contribution in [3.05, 3.63) is 0 Å². The Morgan fingerprint density at radius 1 is 0.857 bits per heavy atom. The van der Waals surface area contributed by atoms with Crippen LogP contribution in [0, 0.1) is 5.41 Å². The molecule has 1 nitrogen and oxygen atoms in total. The van der Waals surface area contributed by atoms with E-state index in [9.17, 15) is 0 Å². The zero-order chi connectivity index (χ0) is 11.4. The van der Waals surface area contributed by atoms with Gasteiger partial charge in [0, 0.05) is 5.54 Å². The number of hydrogen-bond acceptors (Lipinski definition) is 1. The van der Waals surface area contributed by atoms with E-state index in [1.165, 1.54) is 12.8 Å². The number of rotatable bonds is 6. The Morgan fingerprint density at radius 3 is 1.57 bits per heavy atom. The smallest absolute Gasteiger partial charge is 0.0158 e. The van der Waals surface area contributed by atoms with Gasteiger partial charge in [-0.05, 0) is 38.8 Å². The molecule has 86 valence electrons. The summed E-state index contributed by atoms with van der Waals surface area (Å²) in [6, 6.07) is 0. The average molecular weight is 199 g/mol. The Bertz CT molecular complexity index is 155. The normalized spacial score (nSPS) is 13.7. The first-order valence-corrected chi connectivity index (χ1v) is 6.04. The Balaban J connectivity index is 4.45. The molecular formula is C13H29N. The van der Waals surface area contributed by atoms with Crippen molar-refractivity contribution in [2.45, 2.75) is 66.8 Å². The Kier molecular flexibility index (Phi) is 5.14. The quantitative estimate of drug-likeness (QED) is 0.626. The fourth-order valence-corrected chi connectivity index (χ4v) is 2.49. The summed E-state index contributed by atoms with van der Waals surface area (Å²) < 4.78 is 0. The van der Waals surface area contributed by atoms with Crippen LogP contribution in [0.15, 0.2) is 0 Å². The Morgan fingerprint density at radius 2 is 1.29 bits per heavy atom. The van der Waals surface area contributed by atoms with Crippen molar-refractivity contribution in [1.82, 2.24) is 4.90 Å². The van der Waals surface area contributed by atoms with Crippen molar-refractivity contribution in [2.24, 2.45) is 5.41 Å². The van der Waals surface area contributed by atoms with Crippen LogP contribution in [0.4, 0.5) is 0 Å². The van der Waals surface area contributed by atoms with Gasteiger partial charge in [0.25, 0.3) is 0 Å². The van der Waals surface area contributed by atoms with Gasteiger partial charge >= 0.3 is 0 Å². The van der Waals surface area contributed by atoms with Crippen LogP contribution in [-0.4, -0.2) is 23.5 Å². The number of nitrogens with zero attached hydrogens (tertiary/aromatic N) is 1. The molecule has 0 saturated heterocycles. The van der Waals surface area contributed by atoms with Crippen LogP contribution in [0.1, 0.15) is 61.3 Å². The molecule has 0 aliphatic rings. The van der Waals surface area contributed by atoms with Crippen LogP contribution in [0.5, 0.6) is 0 Å². The molecule has 0 heterocycles. The summed E-state index contributed by atoms with van der Waals surface area (Å²) in [4.78, 5) is 2.56. The van der Waals surface area contributed by atoms with E-state index in [0.29, 0.717) is 11.0 Å². The average Bonchev–Trinajstić information content (AvgIpc) is 2.04. The highest BCUT2D eigenvalue weighted by Crippen LogP contribution is 2.33. The van der Waals surface area contributed by atoms with Crippen LogP contribution in [0.3, 0.4) is 0 Å². The Hall–Kier alpha value is -0.0400. The van der Waals surface area contributed by atoms with Gasteiger partial charge in [0.05, 0.1) is 0 Å². The summed E-state index contributed by atoms with van der Waals surface area (Å²) in [5.41, 5.74) is 0.801. The van der Waals surface area contributed by atoms with Gasteiger partial charge in [-0.15, -0.1) is 0 Å². The van der Waals surface area contributed by atoms with Crippen molar-refractivity contribution in [1.29, 1.82) is 0 Å². The van der Waals surface area contributed by atoms with Crippen LogP contribution < -0.4 is 0 Å². The lowest BCUT2D eigenvalue weighted by atomic mass is 9.77. The third kappa shape index (κ3) is 4.00. The minimum atomic E-state index is 0.336.